The number of benzene rings is 2. The lowest BCUT2D eigenvalue weighted by Crippen LogP contribution is -2.34. The van der Waals surface area contributed by atoms with E-state index in [1.807, 2.05) is 42.0 Å². The highest BCUT2D eigenvalue weighted by atomic mass is 19.1. The van der Waals surface area contributed by atoms with E-state index in [0.717, 1.165) is 29.9 Å². The Morgan fingerprint density at radius 3 is 2.55 bits per heavy atom. The van der Waals surface area contributed by atoms with Crippen LogP contribution in [0.1, 0.15) is 49.6 Å². The quantitative estimate of drug-likeness (QED) is 0.487. The molecule has 6 heteroatoms. The molecule has 0 saturated heterocycles. The fourth-order valence-electron chi connectivity index (χ4n) is 4.35. The maximum atomic E-state index is 14.4. The molecule has 1 aromatic heterocycles. The molecule has 0 bridgehead atoms. The Morgan fingerprint density at radius 1 is 1.16 bits per heavy atom. The lowest BCUT2D eigenvalue weighted by Gasteiger charge is -2.27. The molecule has 0 atom stereocenters. The highest BCUT2D eigenvalue weighted by Gasteiger charge is 2.44. The SMILES string of the molecule is CCOC(=O)C1(c2cc(F)cc(OCc3ccc(-n4ccnc4C)cc3)c2)CCCC1. The van der Waals surface area contributed by atoms with Crippen LogP contribution in [0.4, 0.5) is 4.39 Å². The number of carbonyl (C=O) groups excluding carboxylic acids is 1. The standard InChI is InChI=1S/C25H27FN2O3/c1-3-30-24(29)25(10-4-5-11-25)20-14-21(26)16-23(15-20)31-17-19-6-8-22(9-7-19)28-13-12-27-18(28)2/h6-9,12-16H,3-5,10-11,17H2,1-2H3. The maximum Gasteiger partial charge on any atom is 0.316 e. The van der Waals surface area contributed by atoms with Crippen LogP contribution in [0.25, 0.3) is 5.69 Å². The molecule has 1 fully saturated rings. The van der Waals surface area contributed by atoms with E-state index in [2.05, 4.69) is 4.98 Å². The first-order chi connectivity index (χ1) is 15.0. The van der Waals surface area contributed by atoms with Crippen molar-refractivity contribution < 1.29 is 18.7 Å². The predicted octanol–water partition coefficient (Wildman–Crippen LogP) is 5.27. The molecule has 5 nitrogen and oxygen atoms in total. The van der Waals surface area contributed by atoms with Gasteiger partial charge in [0.05, 0.1) is 12.0 Å². The molecular formula is C25H27FN2O3. The second-order valence-electron chi connectivity index (χ2n) is 7.98. The number of hydrogen-bond donors (Lipinski definition) is 0. The van der Waals surface area contributed by atoms with Gasteiger partial charge in [-0.2, -0.15) is 0 Å². The lowest BCUT2D eigenvalue weighted by atomic mass is 9.78. The number of aryl methyl sites for hydroxylation is 1. The number of carbonyl (C=O) groups is 1. The van der Waals surface area contributed by atoms with Crippen molar-refractivity contribution in [2.24, 2.45) is 0 Å². The highest BCUT2D eigenvalue weighted by molar-refractivity contribution is 5.83. The summed E-state index contributed by atoms with van der Waals surface area (Å²) in [6, 6.07) is 12.5. The highest BCUT2D eigenvalue weighted by Crippen LogP contribution is 2.43. The molecule has 0 unspecified atom stereocenters. The summed E-state index contributed by atoms with van der Waals surface area (Å²) in [6.45, 7) is 4.36. The Morgan fingerprint density at radius 2 is 1.90 bits per heavy atom. The number of rotatable bonds is 7. The number of halogens is 1. The summed E-state index contributed by atoms with van der Waals surface area (Å²) >= 11 is 0. The van der Waals surface area contributed by atoms with Crippen LogP contribution in [0.5, 0.6) is 5.75 Å². The van der Waals surface area contributed by atoms with Crippen molar-refractivity contribution in [3.8, 4) is 11.4 Å². The molecule has 4 rings (SSSR count). The van der Waals surface area contributed by atoms with Gasteiger partial charge in [0.15, 0.2) is 0 Å². The molecule has 2 aromatic carbocycles. The summed E-state index contributed by atoms with van der Waals surface area (Å²) in [5.74, 6) is 0.655. The van der Waals surface area contributed by atoms with E-state index >= 15 is 0 Å². The van der Waals surface area contributed by atoms with E-state index in [1.165, 1.54) is 12.1 Å². The molecule has 0 radical (unpaired) electrons. The predicted molar refractivity (Wildman–Crippen MR) is 116 cm³/mol. The van der Waals surface area contributed by atoms with E-state index < -0.39 is 11.2 Å². The van der Waals surface area contributed by atoms with Gasteiger partial charge < -0.3 is 14.0 Å². The van der Waals surface area contributed by atoms with Crippen molar-refractivity contribution in [1.82, 2.24) is 9.55 Å². The van der Waals surface area contributed by atoms with E-state index in [0.29, 0.717) is 37.4 Å². The van der Waals surface area contributed by atoms with Crippen molar-refractivity contribution in [1.29, 1.82) is 0 Å². The minimum Gasteiger partial charge on any atom is -0.489 e. The molecule has 0 aliphatic heterocycles. The van der Waals surface area contributed by atoms with Gasteiger partial charge in [-0.15, -0.1) is 0 Å². The summed E-state index contributed by atoms with van der Waals surface area (Å²) in [5.41, 5.74) is 1.85. The molecule has 0 spiro atoms. The molecule has 3 aromatic rings. The molecule has 162 valence electrons. The molecule has 31 heavy (non-hydrogen) atoms. The van der Waals surface area contributed by atoms with Crippen LogP contribution in [0.3, 0.4) is 0 Å². The average molecular weight is 423 g/mol. The average Bonchev–Trinajstić information content (AvgIpc) is 3.43. The molecular weight excluding hydrogens is 395 g/mol. The fourth-order valence-corrected chi connectivity index (χ4v) is 4.35. The molecule has 0 amide bonds. The molecule has 1 aliphatic carbocycles. The summed E-state index contributed by atoms with van der Waals surface area (Å²) in [4.78, 5) is 17.0. The zero-order chi connectivity index (χ0) is 21.8. The number of hydrogen-bond acceptors (Lipinski definition) is 4. The summed E-state index contributed by atoms with van der Waals surface area (Å²) in [5, 5.41) is 0. The first-order valence-corrected chi connectivity index (χ1v) is 10.7. The molecule has 1 saturated carbocycles. The van der Waals surface area contributed by atoms with E-state index in [9.17, 15) is 9.18 Å². The van der Waals surface area contributed by atoms with Gasteiger partial charge in [0.1, 0.15) is 24.0 Å². The van der Waals surface area contributed by atoms with E-state index in [-0.39, 0.29) is 5.97 Å². The molecule has 1 heterocycles. The number of imidazole rings is 1. The Kier molecular flexibility index (Phi) is 6.07. The van der Waals surface area contributed by atoms with Gasteiger partial charge in [-0.3, -0.25) is 4.79 Å². The third-order valence-corrected chi connectivity index (χ3v) is 5.99. The van der Waals surface area contributed by atoms with E-state index in [4.69, 9.17) is 9.47 Å². The van der Waals surface area contributed by atoms with Crippen molar-refractivity contribution in [2.75, 3.05) is 6.61 Å². The minimum absolute atomic E-state index is 0.269. The van der Waals surface area contributed by atoms with Crippen LogP contribution in [-0.4, -0.2) is 22.1 Å². The topological polar surface area (TPSA) is 53.4 Å². The van der Waals surface area contributed by atoms with Crippen LogP contribution in [0.15, 0.2) is 54.9 Å². The van der Waals surface area contributed by atoms with Crippen molar-refractivity contribution in [2.45, 2.75) is 51.6 Å². The zero-order valence-electron chi connectivity index (χ0n) is 17.9. The smallest absolute Gasteiger partial charge is 0.316 e. The Bertz CT molecular complexity index is 1050. The van der Waals surface area contributed by atoms with Crippen LogP contribution in [0, 0.1) is 12.7 Å². The van der Waals surface area contributed by atoms with Crippen LogP contribution < -0.4 is 4.74 Å². The maximum absolute atomic E-state index is 14.4. The van der Waals surface area contributed by atoms with Crippen LogP contribution in [-0.2, 0) is 21.6 Å². The first kappa shape index (κ1) is 21.1. The Balaban J connectivity index is 1.51. The Hall–Kier alpha value is -3.15. The number of aromatic nitrogens is 2. The van der Waals surface area contributed by atoms with Gasteiger partial charge in [0.2, 0.25) is 0 Å². The Labute approximate surface area is 181 Å². The van der Waals surface area contributed by atoms with Gasteiger partial charge in [-0.1, -0.05) is 25.0 Å². The normalized spacial score (nSPS) is 15.1. The first-order valence-electron chi connectivity index (χ1n) is 10.7. The number of ether oxygens (including phenoxy) is 2. The van der Waals surface area contributed by atoms with E-state index in [1.54, 1.807) is 19.2 Å². The monoisotopic (exact) mass is 422 g/mol. The largest absolute Gasteiger partial charge is 0.489 e. The van der Waals surface area contributed by atoms with Gasteiger partial charge in [0, 0.05) is 24.1 Å². The summed E-state index contributed by atoms with van der Waals surface area (Å²) < 4.78 is 27.7. The van der Waals surface area contributed by atoms with Gasteiger partial charge >= 0.3 is 5.97 Å². The van der Waals surface area contributed by atoms with Gasteiger partial charge in [-0.25, -0.2) is 9.37 Å². The van der Waals surface area contributed by atoms with Crippen molar-refractivity contribution in [3.05, 3.63) is 77.6 Å². The lowest BCUT2D eigenvalue weighted by molar-refractivity contribution is -0.150. The fraction of sp³-hybridized carbons (Fsp3) is 0.360. The second-order valence-corrected chi connectivity index (χ2v) is 7.98. The third-order valence-electron chi connectivity index (χ3n) is 5.99. The molecule has 1 aliphatic rings. The van der Waals surface area contributed by atoms with Crippen molar-refractivity contribution >= 4 is 5.97 Å². The van der Waals surface area contributed by atoms with Gasteiger partial charge in [0.25, 0.3) is 0 Å². The van der Waals surface area contributed by atoms with Crippen molar-refractivity contribution in [3.63, 3.8) is 0 Å². The zero-order valence-corrected chi connectivity index (χ0v) is 17.9. The summed E-state index contributed by atoms with van der Waals surface area (Å²) in [6.07, 6.45) is 6.87. The molecule has 0 N–H and O–H groups in total. The third kappa shape index (κ3) is 4.33. The second kappa shape index (κ2) is 8.92. The van der Waals surface area contributed by atoms with Crippen LogP contribution >= 0.6 is 0 Å². The minimum atomic E-state index is -0.777. The van der Waals surface area contributed by atoms with Crippen LogP contribution in [0.2, 0.25) is 0 Å². The number of esters is 1. The number of nitrogens with zero attached hydrogens (tertiary/aromatic N) is 2. The summed E-state index contributed by atoms with van der Waals surface area (Å²) in [7, 11) is 0. The van der Waals surface area contributed by atoms with Gasteiger partial charge in [-0.05, 0) is 62.1 Å².